The summed E-state index contributed by atoms with van der Waals surface area (Å²) in [5.41, 5.74) is 1.36. The zero-order valence-electron chi connectivity index (χ0n) is 13.9. The molecule has 1 aliphatic rings. The minimum Gasteiger partial charge on any atom is -0.473 e. The Morgan fingerprint density at radius 1 is 0.870 bits per heavy atom. The van der Waals surface area contributed by atoms with E-state index in [1.54, 1.807) is 0 Å². The SMILES string of the molecule is CC(C)N1C=CN(C(C)C)C1c1ccccc1.O=C(O)C(=O)O. The number of rotatable bonds is 3. The molecule has 0 aromatic heterocycles. The molecule has 126 valence electrons. The summed E-state index contributed by atoms with van der Waals surface area (Å²) in [4.78, 5) is 23.0. The summed E-state index contributed by atoms with van der Waals surface area (Å²) in [6.07, 6.45) is 4.76. The maximum absolute atomic E-state index is 9.10. The molecular formula is C17H24N2O4. The molecule has 2 rings (SSSR count). The first-order valence-corrected chi connectivity index (χ1v) is 7.50. The first-order valence-electron chi connectivity index (χ1n) is 7.50. The van der Waals surface area contributed by atoms with Gasteiger partial charge in [0.2, 0.25) is 0 Å². The van der Waals surface area contributed by atoms with Gasteiger partial charge in [-0.05, 0) is 33.3 Å². The third-order valence-corrected chi connectivity index (χ3v) is 3.45. The Labute approximate surface area is 136 Å². The first-order chi connectivity index (χ1) is 10.8. The maximum Gasteiger partial charge on any atom is 0.414 e. The zero-order valence-corrected chi connectivity index (χ0v) is 13.9. The van der Waals surface area contributed by atoms with Crippen LogP contribution in [0.15, 0.2) is 42.7 Å². The lowest BCUT2D eigenvalue weighted by Crippen LogP contribution is -2.37. The third kappa shape index (κ3) is 5.02. The fourth-order valence-corrected chi connectivity index (χ4v) is 2.35. The number of carbonyl (C=O) groups is 2. The lowest BCUT2D eigenvalue weighted by molar-refractivity contribution is -0.159. The van der Waals surface area contributed by atoms with E-state index in [9.17, 15) is 0 Å². The predicted octanol–water partition coefficient (Wildman–Crippen LogP) is 2.75. The van der Waals surface area contributed by atoms with Gasteiger partial charge in [0.15, 0.2) is 0 Å². The average Bonchev–Trinajstić information content (AvgIpc) is 2.94. The second kappa shape index (κ2) is 8.22. The highest BCUT2D eigenvalue weighted by Crippen LogP contribution is 2.33. The van der Waals surface area contributed by atoms with Crippen molar-refractivity contribution in [2.75, 3.05) is 0 Å². The quantitative estimate of drug-likeness (QED) is 0.834. The molecule has 0 spiro atoms. The largest absolute Gasteiger partial charge is 0.473 e. The number of nitrogens with zero attached hydrogens (tertiary/aromatic N) is 2. The number of carboxylic acid groups (broad SMARTS) is 2. The van der Waals surface area contributed by atoms with Gasteiger partial charge in [0.05, 0.1) is 0 Å². The molecule has 0 atom stereocenters. The van der Waals surface area contributed by atoms with Crippen LogP contribution in [-0.4, -0.2) is 44.0 Å². The van der Waals surface area contributed by atoms with Crippen LogP contribution in [0.4, 0.5) is 0 Å². The van der Waals surface area contributed by atoms with Crippen molar-refractivity contribution in [2.24, 2.45) is 0 Å². The van der Waals surface area contributed by atoms with Crippen LogP contribution in [0.1, 0.15) is 39.4 Å². The van der Waals surface area contributed by atoms with Gasteiger partial charge in [0, 0.05) is 24.5 Å². The molecule has 1 aromatic rings. The highest BCUT2D eigenvalue weighted by molar-refractivity contribution is 6.27. The van der Waals surface area contributed by atoms with E-state index in [0.29, 0.717) is 18.2 Å². The van der Waals surface area contributed by atoms with Crippen LogP contribution in [0.3, 0.4) is 0 Å². The molecule has 0 bridgehead atoms. The minimum atomic E-state index is -1.82. The van der Waals surface area contributed by atoms with E-state index in [4.69, 9.17) is 19.8 Å². The maximum atomic E-state index is 9.10. The van der Waals surface area contributed by atoms with Gasteiger partial charge in [0.1, 0.15) is 6.17 Å². The van der Waals surface area contributed by atoms with E-state index in [-0.39, 0.29) is 0 Å². The summed E-state index contributed by atoms with van der Waals surface area (Å²) in [6.45, 7) is 8.96. The molecule has 0 radical (unpaired) electrons. The summed E-state index contributed by atoms with van der Waals surface area (Å²) >= 11 is 0. The van der Waals surface area contributed by atoms with Crippen molar-refractivity contribution in [1.82, 2.24) is 9.80 Å². The van der Waals surface area contributed by atoms with Crippen LogP contribution >= 0.6 is 0 Å². The molecule has 0 unspecified atom stereocenters. The normalized spacial score (nSPS) is 14.2. The molecule has 1 aromatic carbocycles. The first kappa shape index (κ1) is 18.5. The molecule has 2 N–H and O–H groups in total. The molecule has 6 nitrogen and oxygen atoms in total. The molecule has 0 saturated carbocycles. The second-order valence-corrected chi connectivity index (χ2v) is 5.77. The van der Waals surface area contributed by atoms with E-state index >= 15 is 0 Å². The number of benzene rings is 1. The fraction of sp³-hybridized carbons (Fsp3) is 0.412. The van der Waals surface area contributed by atoms with Gasteiger partial charge in [-0.3, -0.25) is 0 Å². The van der Waals surface area contributed by atoms with Gasteiger partial charge in [-0.1, -0.05) is 30.3 Å². The van der Waals surface area contributed by atoms with E-state index in [1.807, 2.05) is 0 Å². The average molecular weight is 320 g/mol. The molecule has 1 aliphatic heterocycles. The Morgan fingerprint density at radius 3 is 1.57 bits per heavy atom. The molecule has 0 aliphatic carbocycles. The van der Waals surface area contributed by atoms with Crippen molar-refractivity contribution in [3.8, 4) is 0 Å². The lowest BCUT2D eigenvalue weighted by atomic mass is 10.1. The van der Waals surface area contributed by atoms with Crippen molar-refractivity contribution < 1.29 is 19.8 Å². The van der Waals surface area contributed by atoms with Gasteiger partial charge in [-0.15, -0.1) is 0 Å². The van der Waals surface area contributed by atoms with Crippen molar-refractivity contribution >= 4 is 11.9 Å². The molecule has 0 saturated heterocycles. The van der Waals surface area contributed by atoms with Gasteiger partial charge < -0.3 is 20.0 Å². The van der Waals surface area contributed by atoms with Gasteiger partial charge in [0.25, 0.3) is 0 Å². The summed E-state index contributed by atoms with van der Waals surface area (Å²) in [7, 11) is 0. The van der Waals surface area contributed by atoms with E-state index < -0.39 is 11.9 Å². The fourth-order valence-electron chi connectivity index (χ4n) is 2.35. The molecule has 0 amide bonds. The summed E-state index contributed by atoms with van der Waals surface area (Å²) in [5.74, 6) is -3.65. The monoisotopic (exact) mass is 320 g/mol. The number of hydrogen-bond acceptors (Lipinski definition) is 4. The Balaban J connectivity index is 0.000000379. The van der Waals surface area contributed by atoms with Crippen LogP contribution in [0.25, 0.3) is 0 Å². The van der Waals surface area contributed by atoms with Gasteiger partial charge >= 0.3 is 11.9 Å². The molecule has 23 heavy (non-hydrogen) atoms. The van der Waals surface area contributed by atoms with Crippen LogP contribution in [0.2, 0.25) is 0 Å². The highest BCUT2D eigenvalue weighted by atomic mass is 16.4. The molecule has 0 fully saturated rings. The summed E-state index contributed by atoms with van der Waals surface area (Å²) < 4.78 is 0. The molecule has 1 heterocycles. The zero-order chi connectivity index (χ0) is 17.6. The smallest absolute Gasteiger partial charge is 0.414 e. The minimum absolute atomic E-state index is 0.344. The van der Waals surface area contributed by atoms with Crippen LogP contribution in [0, 0.1) is 0 Å². The van der Waals surface area contributed by atoms with E-state index in [0.717, 1.165) is 0 Å². The topological polar surface area (TPSA) is 81.1 Å². The second-order valence-electron chi connectivity index (χ2n) is 5.77. The summed E-state index contributed by atoms with van der Waals surface area (Å²) in [6, 6.07) is 11.8. The lowest BCUT2D eigenvalue weighted by Gasteiger charge is -2.37. The standard InChI is InChI=1S/C15H22N2.C2H2O4/c1-12(2)16-10-11-17(13(3)4)15(16)14-8-6-5-7-9-14;3-1(4)2(5)6/h5-13,15H,1-4H3;(H,3,4)(H,5,6). The highest BCUT2D eigenvalue weighted by Gasteiger charge is 2.30. The Bertz CT molecular complexity index is 525. The van der Waals surface area contributed by atoms with E-state index in [1.165, 1.54) is 5.56 Å². The van der Waals surface area contributed by atoms with Gasteiger partial charge in [-0.2, -0.15) is 0 Å². The van der Waals surface area contributed by atoms with Crippen LogP contribution in [-0.2, 0) is 9.59 Å². The van der Waals surface area contributed by atoms with Crippen LogP contribution in [0.5, 0.6) is 0 Å². The number of hydrogen-bond donors (Lipinski definition) is 2. The third-order valence-electron chi connectivity index (χ3n) is 3.45. The molecular weight excluding hydrogens is 296 g/mol. The van der Waals surface area contributed by atoms with Crippen LogP contribution < -0.4 is 0 Å². The number of aliphatic carboxylic acids is 2. The van der Waals surface area contributed by atoms with Crippen molar-refractivity contribution in [3.63, 3.8) is 0 Å². The van der Waals surface area contributed by atoms with Gasteiger partial charge in [-0.25, -0.2) is 9.59 Å². The number of carboxylic acids is 2. The molecule has 6 heteroatoms. The Morgan fingerprint density at radius 2 is 1.26 bits per heavy atom. The van der Waals surface area contributed by atoms with E-state index in [2.05, 4.69) is 80.2 Å². The van der Waals surface area contributed by atoms with Crippen molar-refractivity contribution in [3.05, 3.63) is 48.3 Å². The Kier molecular flexibility index (Phi) is 6.63. The van der Waals surface area contributed by atoms with Crippen molar-refractivity contribution in [2.45, 2.75) is 45.9 Å². The van der Waals surface area contributed by atoms with Crippen molar-refractivity contribution in [1.29, 1.82) is 0 Å². The Hall–Kier alpha value is -2.50. The predicted molar refractivity (Wildman–Crippen MR) is 87.5 cm³/mol. The summed E-state index contributed by atoms with van der Waals surface area (Å²) in [5, 5.41) is 14.8.